The van der Waals surface area contributed by atoms with Crippen LogP contribution in [0.4, 0.5) is 10.1 Å². The van der Waals surface area contributed by atoms with E-state index in [2.05, 4.69) is 41.6 Å². The summed E-state index contributed by atoms with van der Waals surface area (Å²) in [6, 6.07) is 14.9. The van der Waals surface area contributed by atoms with Crippen molar-refractivity contribution in [3.8, 4) is 11.3 Å². The fourth-order valence-corrected chi connectivity index (χ4v) is 3.05. The lowest BCUT2D eigenvalue weighted by Crippen LogP contribution is -2.26. The predicted octanol–water partition coefficient (Wildman–Crippen LogP) is 4.28. The maximum atomic E-state index is 13.2. The Bertz CT molecular complexity index is 849. The third kappa shape index (κ3) is 1.91. The van der Waals surface area contributed by atoms with E-state index in [1.165, 1.54) is 17.7 Å². The Balaban J connectivity index is 1.92. The average Bonchev–Trinajstić information content (AvgIpc) is 2.90. The van der Waals surface area contributed by atoms with Crippen molar-refractivity contribution in [2.45, 2.75) is 20.0 Å². The number of aromatic nitrogens is 2. The molecule has 0 spiro atoms. The standard InChI is InChI=1S/C18H16FN3/c1-11-4-3-5-15-16-10-12(2)21-22(16)18(20-17(11)15)13-6-8-14(19)9-7-13/h3-10,18,20H,1-2H3. The first kappa shape index (κ1) is 13.1. The fourth-order valence-electron chi connectivity index (χ4n) is 3.05. The summed E-state index contributed by atoms with van der Waals surface area (Å²) in [4.78, 5) is 0. The van der Waals surface area contributed by atoms with Crippen molar-refractivity contribution in [1.82, 2.24) is 9.78 Å². The second-order valence-corrected chi connectivity index (χ2v) is 5.71. The molecule has 0 bridgehead atoms. The minimum Gasteiger partial charge on any atom is -0.359 e. The summed E-state index contributed by atoms with van der Waals surface area (Å²) in [6.45, 7) is 4.08. The molecule has 1 N–H and O–H groups in total. The Morgan fingerprint density at radius 3 is 2.64 bits per heavy atom. The van der Waals surface area contributed by atoms with E-state index >= 15 is 0 Å². The largest absolute Gasteiger partial charge is 0.359 e. The van der Waals surface area contributed by atoms with Crippen molar-refractivity contribution in [2.24, 2.45) is 0 Å². The van der Waals surface area contributed by atoms with Crippen molar-refractivity contribution < 1.29 is 4.39 Å². The monoisotopic (exact) mass is 293 g/mol. The zero-order valence-corrected chi connectivity index (χ0v) is 12.5. The molecule has 3 nitrogen and oxygen atoms in total. The van der Waals surface area contributed by atoms with Gasteiger partial charge in [0, 0.05) is 11.3 Å². The van der Waals surface area contributed by atoms with Gasteiger partial charge in [0.15, 0.2) is 0 Å². The van der Waals surface area contributed by atoms with E-state index in [9.17, 15) is 4.39 Å². The number of nitrogens with one attached hydrogen (secondary N) is 1. The lowest BCUT2D eigenvalue weighted by Gasteiger charge is -2.30. The Morgan fingerprint density at radius 1 is 1.09 bits per heavy atom. The van der Waals surface area contributed by atoms with Gasteiger partial charge in [-0.15, -0.1) is 0 Å². The maximum absolute atomic E-state index is 13.2. The molecule has 2 aromatic carbocycles. The molecule has 0 amide bonds. The van der Waals surface area contributed by atoms with E-state index in [0.717, 1.165) is 28.2 Å². The van der Waals surface area contributed by atoms with E-state index in [1.54, 1.807) is 12.1 Å². The van der Waals surface area contributed by atoms with Gasteiger partial charge < -0.3 is 5.32 Å². The SMILES string of the molecule is Cc1cc2n(n1)C(c1ccc(F)cc1)Nc1c(C)cccc1-2. The highest BCUT2D eigenvalue weighted by Gasteiger charge is 2.27. The zero-order chi connectivity index (χ0) is 15.3. The Labute approximate surface area is 128 Å². The van der Waals surface area contributed by atoms with Gasteiger partial charge in [-0.05, 0) is 43.2 Å². The number of halogens is 1. The quantitative estimate of drug-likeness (QED) is 0.726. The number of hydrogen-bond acceptors (Lipinski definition) is 2. The van der Waals surface area contributed by atoms with Gasteiger partial charge >= 0.3 is 0 Å². The summed E-state index contributed by atoms with van der Waals surface area (Å²) < 4.78 is 15.2. The molecule has 110 valence electrons. The van der Waals surface area contributed by atoms with Crippen LogP contribution in [0.25, 0.3) is 11.3 Å². The average molecular weight is 293 g/mol. The molecule has 1 aliphatic heterocycles. The summed E-state index contributed by atoms with van der Waals surface area (Å²) in [5, 5.41) is 8.17. The molecule has 1 aromatic heterocycles. The molecule has 3 aromatic rings. The fraction of sp³-hybridized carbons (Fsp3) is 0.167. The molecule has 1 aliphatic rings. The summed E-state index contributed by atoms with van der Waals surface area (Å²) >= 11 is 0. The van der Waals surface area contributed by atoms with Crippen LogP contribution in [0.15, 0.2) is 48.5 Å². The van der Waals surface area contributed by atoms with Gasteiger partial charge in [0.05, 0.1) is 11.4 Å². The van der Waals surface area contributed by atoms with Gasteiger partial charge in [-0.2, -0.15) is 5.10 Å². The number of para-hydroxylation sites is 1. The number of nitrogens with zero attached hydrogens (tertiary/aromatic N) is 2. The minimum atomic E-state index is -0.229. The molecule has 1 atom stereocenters. The van der Waals surface area contributed by atoms with E-state index in [-0.39, 0.29) is 12.0 Å². The van der Waals surface area contributed by atoms with E-state index < -0.39 is 0 Å². The molecule has 0 saturated heterocycles. The van der Waals surface area contributed by atoms with Gasteiger partial charge in [0.25, 0.3) is 0 Å². The Kier molecular flexibility index (Phi) is 2.79. The van der Waals surface area contributed by atoms with Crippen LogP contribution in [0, 0.1) is 19.7 Å². The predicted molar refractivity (Wildman–Crippen MR) is 85.3 cm³/mol. The van der Waals surface area contributed by atoms with Gasteiger partial charge in [-0.3, -0.25) is 0 Å². The molecular formula is C18H16FN3. The maximum Gasteiger partial charge on any atom is 0.147 e. The van der Waals surface area contributed by atoms with Gasteiger partial charge in [0.2, 0.25) is 0 Å². The highest BCUT2D eigenvalue weighted by atomic mass is 19.1. The number of rotatable bonds is 1. The normalized spacial score (nSPS) is 15.9. The lowest BCUT2D eigenvalue weighted by molar-refractivity contribution is 0.567. The number of hydrogen-bond donors (Lipinski definition) is 1. The van der Waals surface area contributed by atoms with Crippen molar-refractivity contribution in [2.75, 3.05) is 5.32 Å². The molecule has 0 aliphatic carbocycles. The third-order valence-electron chi connectivity index (χ3n) is 4.12. The van der Waals surface area contributed by atoms with Crippen LogP contribution in [0.2, 0.25) is 0 Å². The van der Waals surface area contributed by atoms with Gasteiger partial charge in [-0.1, -0.05) is 30.3 Å². The third-order valence-corrected chi connectivity index (χ3v) is 4.12. The van der Waals surface area contributed by atoms with E-state index in [0.29, 0.717) is 0 Å². The van der Waals surface area contributed by atoms with Crippen molar-refractivity contribution >= 4 is 5.69 Å². The highest BCUT2D eigenvalue weighted by molar-refractivity contribution is 5.81. The zero-order valence-electron chi connectivity index (χ0n) is 12.5. The molecule has 2 heterocycles. The molecule has 0 fully saturated rings. The van der Waals surface area contributed by atoms with Crippen molar-refractivity contribution in [3.63, 3.8) is 0 Å². The first-order valence-electron chi connectivity index (χ1n) is 7.31. The molecule has 1 unspecified atom stereocenters. The summed E-state index contributed by atoms with van der Waals surface area (Å²) in [5.74, 6) is -0.229. The highest BCUT2D eigenvalue weighted by Crippen LogP contribution is 2.40. The lowest BCUT2D eigenvalue weighted by atomic mass is 10.0. The van der Waals surface area contributed by atoms with E-state index in [4.69, 9.17) is 0 Å². The van der Waals surface area contributed by atoms with Crippen LogP contribution in [0.3, 0.4) is 0 Å². The number of fused-ring (bicyclic) bond motifs is 3. The molecule has 22 heavy (non-hydrogen) atoms. The smallest absolute Gasteiger partial charge is 0.147 e. The summed E-state index contributed by atoms with van der Waals surface area (Å²) in [5.41, 5.74) is 6.50. The Hall–Kier alpha value is -2.62. The summed E-state index contributed by atoms with van der Waals surface area (Å²) in [7, 11) is 0. The molecule has 0 radical (unpaired) electrons. The van der Waals surface area contributed by atoms with E-state index in [1.807, 2.05) is 11.6 Å². The van der Waals surface area contributed by atoms with Crippen LogP contribution in [-0.2, 0) is 0 Å². The van der Waals surface area contributed by atoms with Crippen LogP contribution < -0.4 is 5.32 Å². The second kappa shape index (κ2) is 4.70. The second-order valence-electron chi connectivity index (χ2n) is 5.71. The van der Waals surface area contributed by atoms with Crippen molar-refractivity contribution in [3.05, 3.63) is 71.2 Å². The summed E-state index contributed by atoms with van der Waals surface area (Å²) in [6.07, 6.45) is -0.127. The van der Waals surface area contributed by atoms with Crippen LogP contribution >= 0.6 is 0 Å². The first-order valence-corrected chi connectivity index (χ1v) is 7.31. The molecule has 4 rings (SSSR count). The molecule has 0 saturated carbocycles. The van der Waals surface area contributed by atoms with Crippen LogP contribution in [-0.4, -0.2) is 9.78 Å². The number of anilines is 1. The molecule has 4 heteroatoms. The Morgan fingerprint density at radius 2 is 1.86 bits per heavy atom. The number of aryl methyl sites for hydroxylation is 2. The number of benzene rings is 2. The minimum absolute atomic E-state index is 0.127. The molecular weight excluding hydrogens is 277 g/mol. The topological polar surface area (TPSA) is 29.9 Å². The van der Waals surface area contributed by atoms with Gasteiger partial charge in [-0.25, -0.2) is 9.07 Å². The van der Waals surface area contributed by atoms with Crippen molar-refractivity contribution in [1.29, 1.82) is 0 Å². The first-order chi connectivity index (χ1) is 10.6. The van der Waals surface area contributed by atoms with Crippen LogP contribution in [0.5, 0.6) is 0 Å². The van der Waals surface area contributed by atoms with Crippen LogP contribution in [0.1, 0.15) is 23.0 Å². The van der Waals surface area contributed by atoms with Gasteiger partial charge in [0.1, 0.15) is 12.0 Å².